The van der Waals surface area contributed by atoms with E-state index in [2.05, 4.69) is 5.48 Å². The van der Waals surface area contributed by atoms with Crippen molar-refractivity contribution in [2.45, 2.75) is 18.4 Å². The molecule has 0 bridgehead atoms. The van der Waals surface area contributed by atoms with Crippen molar-refractivity contribution in [3.63, 3.8) is 0 Å². The maximum absolute atomic E-state index is 12.9. The monoisotopic (exact) mass is 285 g/mol. The fourth-order valence-corrected chi connectivity index (χ4v) is 2.59. The largest absolute Gasteiger partial charge is 0.462 e. The summed E-state index contributed by atoms with van der Waals surface area (Å²) in [6.45, 7) is 0. The molecule has 1 aliphatic carbocycles. The predicted octanol–water partition coefficient (Wildman–Crippen LogP) is 3.76. The Balaban J connectivity index is 1.83. The molecule has 3 rings (SSSR count). The molecule has 0 saturated heterocycles. The Labute approximate surface area is 122 Å². The Hall–Kier alpha value is -2.17. The lowest BCUT2D eigenvalue weighted by molar-refractivity contribution is 0.0862. The molecule has 2 aromatic carbocycles. The topological polar surface area (TPSA) is 41.5 Å². The molecule has 3 nitrogen and oxygen atoms in total. The molecule has 21 heavy (non-hydrogen) atoms. The third-order valence-corrected chi connectivity index (χ3v) is 3.72. The molecule has 0 aromatic heterocycles. The molecular weight excluding hydrogens is 269 g/mol. The van der Waals surface area contributed by atoms with E-state index in [1.807, 2.05) is 36.4 Å². The fraction of sp³-hybridized carbons (Fsp3) is 0.176. The third-order valence-electron chi connectivity index (χ3n) is 3.72. The highest BCUT2D eigenvalue weighted by molar-refractivity contribution is 5.35. The average Bonchev–Trinajstić information content (AvgIpc) is 2.95. The summed E-state index contributed by atoms with van der Waals surface area (Å²) in [5.41, 5.74) is 2.75. The lowest BCUT2D eigenvalue weighted by atomic mass is 9.90. The number of halogens is 1. The Morgan fingerprint density at radius 3 is 2.43 bits per heavy atom. The van der Waals surface area contributed by atoms with Gasteiger partial charge in [-0.2, -0.15) is 5.48 Å². The van der Waals surface area contributed by atoms with Crippen LogP contribution in [0, 0.1) is 5.82 Å². The van der Waals surface area contributed by atoms with Crippen LogP contribution in [0.2, 0.25) is 0 Å². The summed E-state index contributed by atoms with van der Waals surface area (Å²) in [6.07, 6.45) is 3.27. The van der Waals surface area contributed by atoms with Crippen LogP contribution >= 0.6 is 0 Å². The van der Waals surface area contributed by atoms with Crippen molar-refractivity contribution in [3.8, 4) is 5.75 Å². The van der Waals surface area contributed by atoms with Crippen LogP contribution in [0.15, 0.2) is 66.4 Å². The van der Waals surface area contributed by atoms with Crippen LogP contribution in [0.5, 0.6) is 5.75 Å². The molecule has 0 heterocycles. The number of allylic oxidation sites excluding steroid dienone is 1. The third kappa shape index (κ3) is 2.82. The van der Waals surface area contributed by atoms with Crippen molar-refractivity contribution >= 4 is 0 Å². The first kappa shape index (κ1) is 13.8. The van der Waals surface area contributed by atoms with Crippen LogP contribution in [0.1, 0.15) is 18.4 Å². The van der Waals surface area contributed by atoms with Gasteiger partial charge in [0.15, 0.2) is 0 Å². The summed E-state index contributed by atoms with van der Waals surface area (Å²) in [5, 5.41) is 9.59. The van der Waals surface area contributed by atoms with Crippen molar-refractivity contribution in [1.82, 2.24) is 5.48 Å². The molecule has 4 heteroatoms. The van der Waals surface area contributed by atoms with Crippen LogP contribution in [-0.4, -0.2) is 5.21 Å². The second-order valence-corrected chi connectivity index (χ2v) is 5.12. The maximum atomic E-state index is 12.9. The van der Waals surface area contributed by atoms with Crippen molar-refractivity contribution in [2.24, 2.45) is 0 Å². The van der Waals surface area contributed by atoms with Gasteiger partial charge in [0.05, 0.1) is 5.54 Å². The van der Waals surface area contributed by atoms with E-state index < -0.39 is 5.54 Å². The Kier molecular flexibility index (Phi) is 3.73. The zero-order valence-corrected chi connectivity index (χ0v) is 11.4. The first-order valence-electron chi connectivity index (χ1n) is 6.84. The normalized spacial score (nSPS) is 21.1. The molecule has 1 aliphatic rings. The summed E-state index contributed by atoms with van der Waals surface area (Å²) in [7, 11) is 0. The number of hydrogen-bond acceptors (Lipinski definition) is 3. The van der Waals surface area contributed by atoms with E-state index in [1.165, 1.54) is 12.1 Å². The molecule has 108 valence electrons. The maximum Gasteiger partial charge on any atom is 0.127 e. The van der Waals surface area contributed by atoms with Crippen LogP contribution in [0.25, 0.3) is 0 Å². The fourth-order valence-electron chi connectivity index (χ4n) is 2.59. The first-order valence-corrected chi connectivity index (χ1v) is 6.84. The molecule has 2 N–H and O–H groups in total. The molecule has 0 amide bonds. The number of hydrogen-bond donors (Lipinski definition) is 2. The zero-order chi connectivity index (χ0) is 14.7. The summed E-state index contributed by atoms with van der Waals surface area (Å²) in [4.78, 5) is 0. The van der Waals surface area contributed by atoms with Crippen LogP contribution in [0.4, 0.5) is 4.39 Å². The molecule has 1 atom stereocenters. The van der Waals surface area contributed by atoms with Crippen molar-refractivity contribution in [1.29, 1.82) is 0 Å². The highest BCUT2D eigenvalue weighted by atomic mass is 19.1. The second kappa shape index (κ2) is 5.68. The molecule has 0 spiro atoms. The SMILES string of the molecule is ONC1(c2ccccc2)C=C(Oc2ccc(F)cc2)CC1. The molecule has 0 radical (unpaired) electrons. The smallest absolute Gasteiger partial charge is 0.127 e. The van der Waals surface area contributed by atoms with Gasteiger partial charge in [-0.05, 0) is 42.3 Å². The van der Waals surface area contributed by atoms with E-state index in [-0.39, 0.29) is 5.82 Å². The standard InChI is InChI=1S/C17H16FNO2/c18-14-6-8-15(9-7-14)21-16-10-11-17(12-16,19-20)13-4-2-1-3-5-13/h1-9,12,19-20H,10-11H2. The number of benzene rings is 2. The number of ether oxygens (including phenoxy) is 1. The Morgan fingerprint density at radius 1 is 1.05 bits per heavy atom. The Morgan fingerprint density at radius 2 is 1.76 bits per heavy atom. The van der Waals surface area contributed by atoms with Crippen molar-refractivity contribution in [3.05, 3.63) is 77.8 Å². The molecule has 1 unspecified atom stereocenters. The minimum atomic E-state index is -0.628. The van der Waals surface area contributed by atoms with Gasteiger partial charge in [-0.1, -0.05) is 30.3 Å². The van der Waals surface area contributed by atoms with E-state index in [1.54, 1.807) is 12.1 Å². The highest BCUT2D eigenvalue weighted by Gasteiger charge is 2.35. The Bertz CT molecular complexity index is 640. The number of rotatable bonds is 4. The van der Waals surface area contributed by atoms with E-state index >= 15 is 0 Å². The molecule has 2 aromatic rings. The molecule has 0 saturated carbocycles. The average molecular weight is 285 g/mol. The van der Waals surface area contributed by atoms with Crippen molar-refractivity contribution < 1.29 is 14.3 Å². The quantitative estimate of drug-likeness (QED) is 0.840. The van der Waals surface area contributed by atoms with Crippen molar-refractivity contribution in [2.75, 3.05) is 0 Å². The lowest BCUT2D eigenvalue weighted by Crippen LogP contribution is -2.36. The summed E-state index contributed by atoms with van der Waals surface area (Å²) in [5.74, 6) is 1.05. The molecule has 0 fully saturated rings. The van der Waals surface area contributed by atoms with Crippen LogP contribution in [0.3, 0.4) is 0 Å². The summed E-state index contributed by atoms with van der Waals surface area (Å²) < 4.78 is 18.6. The highest BCUT2D eigenvalue weighted by Crippen LogP contribution is 2.37. The van der Waals surface area contributed by atoms with Gasteiger partial charge in [-0.3, -0.25) is 0 Å². The lowest BCUT2D eigenvalue weighted by Gasteiger charge is -2.25. The van der Waals surface area contributed by atoms with Crippen LogP contribution < -0.4 is 10.2 Å². The minimum Gasteiger partial charge on any atom is -0.462 e. The number of nitrogens with one attached hydrogen (secondary N) is 1. The first-order chi connectivity index (χ1) is 10.2. The van der Waals surface area contributed by atoms with Crippen LogP contribution in [-0.2, 0) is 5.54 Å². The van der Waals surface area contributed by atoms with Gasteiger partial charge in [0.2, 0.25) is 0 Å². The van der Waals surface area contributed by atoms with E-state index in [4.69, 9.17) is 4.74 Å². The van der Waals surface area contributed by atoms with Gasteiger partial charge in [-0.15, -0.1) is 0 Å². The van der Waals surface area contributed by atoms with E-state index in [0.29, 0.717) is 18.6 Å². The van der Waals surface area contributed by atoms with Gasteiger partial charge >= 0.3 is 0 Å². The summed E-state index contributed by atoms with van der Waals surface area (Å²) in [6, 6.07) is 15.6. The van der Waals surface area contributed by atoms with Gasteiger partial charge in [0.1, 0.15) is 17.3 Å². The summed E-state index contributed by atoms with van der Waals surface area (Å²) >= 11 is 0. The van der Waals surface area contributed by atoms with E-state index in [0.717, 1.165) is 11.3 Å². The predicted molar refractivity (Wildman–Crippen MR) is 77.4 cm³/mol. The molecule has 0 aliphatic heterocycles. The van der Waals surface area contributed by atoms with Gasteiger partial charge < -0.3 is 9.94 Å². The minimum absolute atomic E-state index is 0.293. The molecular formula is C17H16FNO2. The van der Waals surface area contributed by atoms with E-state index in [9.17, 15) is 9.60 Å². The van der Waals surface area contributed by atoms with Gasteiger partial charge in [-0.25, -0.2) is 4.39 Å². The second-order valence-electron chi connectivity index (χ2n) is 5.12. The van der Waals surface area contributed by atoms with Gasteiger partial charge in [0.25, 0.3) is 0 Å². The zero-order valence-electron chi connectivity index (χ0n) is 11.4. The van der Waals surface area contributed by atoms with Gasteiger partial charge in [0, 0.05) is 6.42 Å². The number of hydroxylamine groups is 1.